The van der Waals surface area contributed by atoms with Gasteiger partial charge in [0.15, 0.2) is 11.8 Å². The zero-order valence-corrected chi connectivity index (χ0v) is 12.9. The Bertz CT molecular complexity index is 397. The summed E-state index contributed by atoms with van der Waals surface area (Å²) in [6, 6.07) is -1.37. The number of carbonyl (C=O) groups excluding carboxylic acids is 4. The van der Waals surface area contributed by atoms with E-state index >= 15 is 0 Å². The van der Waals surface area contributed by atoms with E-state index in [0.29, 0.717) is 0 Å². The van der Waals surface area contributed by atoms with E-state index in [0.717, 1.165) is 7.11 Å². The van der Waals surface area contributed by atoms with Gasteiger partial charge in [0.2, 0.25) is 5.91 Å². The summed E-state index contributed by atoms with van der Waals surface area (Å²) in [6.07, 6.45) is -0.700. The molecule has 2 amide bonds. The lowest BCUT2D eigenvalue weighted by Crippen LogP contribution is -2.50. The first kappa shape index (κ1) is 18.9. The molecule has 0 heterocycles. The van der Waals surface area contributed by atoms with Crippen LogP contribution in [0.25, 0.3) is 0 Å². The number of hydrogen-bond donors (Lipinski definition) is 2. The highest BCUT2D eigenvalue weighted by atomic mass is 16.6. The van der Waals surface area contributed by atoms with Gasteiger partial charge in [-0.25, -0.2) is 9.59 Å². The largest absolute Gasteiger partial charge is 0.467 e. The maximum Gasteiger partial charge on any atom is 0.408 e. The molecule has 1 atom stereocenters. The number of ketones is 1. The lowest BCUT2D eigenvalue weighted by Gasteiger charge is -2.20. The molecule has 0 aromatic heterocycles. The van der Waals surface area contributed by atoms with Gasteiger partial charge in [-0.15, -0.1) is 0 Å². The van der Waals surface area contributed by atoms with Crippen LogP contribution in [0.3, 0.4) is 0 Å². The zero-order chi connectivity index (χ0) is 16.6. The Balaban J connectivity index is 4.42. The first-order chi connectivity index (χ1) is 9.60. The van der Waals surface area contributed by atoms with Gasteiger partial charge in [0.05, 0.1) is 7.11 Å². The van der Waals surface area contributed by atoms with Crippen LogP contribution in [0.1, 0.15) is 34.1 Å². The average Bonchev–Trinajstić information content (AvgIpc) is 2.38. The summed E-state index contributed by atoms with van der Waals surface area (Å²) in [4.78, 5) is 45.9. The molecular formula is C13H22N2O6. The number of hydrogen-bond acceptors (Lipinski definition) is 6. The van der Waals surface area contributed by atoms with Crippen molar-refractivity contribution < 1.29 is 28.7 Å². The number of carbonyl (C=O) groups is 4. The van der Waals surface area contributed by atoms with Crippen LogP contribution in [0, 0.1) is 0 Å². The molecule has 0 aliphatic heterocycles. The molecule has 8 heteroatoms. The van der Waals surface area contributed by atoms with Crippen molar-refractivity contribution in [2.24, 2.45) is 0 Å². The van der Waals surface area contributed by atoms with Gasteiger partial charge in [-0.1, -0.05) is 6.92 Å². The Morgan fingerprint density at radius 3 is 2.14 bits per heavy atom. The van der Waals surface area contributed by atoms with Crippen molar-refractivity contribution in [1.29, 1.82) is 0 Å². The fourth-order valence-electron chi connectivity index (χ4n) is 1.27. The van der Waals surface area contributed by atoms with Gasteiger partial charge in [-0.2, -0.15) is 0 Å². The predicted octanol–water partition coefficient (Wildman–Crippen LogP) is 0.148. The van der Waals surface area contributed by atoms with Crippen LogP contribution in [0.2, 0.25) is 0 Å². The minimum Gasteiger partial charge on any atom is -0.467 e. The Labute approximate surface area is 123 Å². The molecule has 1 unspecified atom stereocenters. The second kappa shape index (κ2) is 8.23. The zero-order valence-electron chi connectivity index (χ0n) is 12.9. The molecule has 0 aliphatic rings. The number of Topliss-reactive ketones (excluding diaryl/α,β-unsaturated/α-hetero) is 1. The first-order valence-electron chi connectivity index (χ1n) is 6.47. The molecule has 0 saturated carbocycles. The van der Waals surface area contributed by atoms with Gasteiger partial charge in [0.1, 0.15) is 12.1 Å². The highest BCUT2D eigenvalue weighted by molar-refractivity contribution is 6.05. The second-order valence-electron chi connectivity index (χ2n) is 5.20. The van der Waals surface area contributed by atoms with Crippen molar-refractivity contribution in [2.75, 3.05) is 13.7 Å². The molecule has 8 nitrogen and oxygen atoms in total. The molecular weight excluding hydrogens is 280 g/mol. The molecule has 0 saturated heterocycles. The summed E-state index contributed by atoms with van der Waals surface area (Å²) >= 11 is 0. The Kier molecular flexibility index (Phi) is 7.40. The SMILES string of the molecule is CCC(=O)C(NC(=O)CNC(=O)OC(C)(C)C)C(=O)OC. The highest BCUT2D eigenvalue weighted by Crippen LogP contribution is 2.06. The van der Waals surface area contributed by atoms with E-state index in [1.807, 2.05) is 0 Å². The molecule has 0 aromatic carbocycles. The van der Waals surface area contributed by atoms with E-state index in [1.165, 1.54) is 0 Å². The van der Waals surface area contributed by atoms with Gasteiger partial charge < -0.3 is 20.1 Å². The normalized spacial score (nSPS) is 12.0. The minimum atomic E-state index is -1.37. The van der Waals surface area contributed by atoms with Crippen molar-refractivity contribution in [1.82, 2.24) is 10.6 Å². The lowest BCUT2D eigenvalue weighted by atomic mass is 10.1. The predicted molar refractivity (Wildman–Crippen MR) is 73.5 cm³/mol. The molecule has 0 spiro atoms. The van der Waals surface area contributed by atoms with Crippen molar-refractivity contribution in [3.05, 3.63) is 0 Å². The summed E-state index contributed by atoms with van der Waals surface area (Å²) < 4.78 is 9.38. The number of esters is 1. The number of ether oxygens (including phenoxy) is 2. The topological polar surface area (TPSA) is 111 Å². The van der Waals surface area contributed by atoms with Crippen molar-refractivity contribution in [3.8, 4) is 0 Å². The van der Waals surface area contributed by atoms with E-state index in [-0.39, 0.29) is 6.42 Å². The number of amides is 2. The Morgan fingerprint density at radius 1 is 1.14 bits per heavy atom. The Hall–Kier alpha value is -2.12. The van der Waals surface area contributed by atoms with Crippen LogP contribution in [0.5, 0.6) is 0 Å². The number of methoxy groups -OCH3 is 1. The quantitative estimate of drug-likeness (QED) is 0.533. The summed E-state index contributed by atoms with van der Waals surface area (Å²) in [5, 5.41) is 4.42. The van der Waals surface area contributed by atoms with Crippen LogP contribution in [0.4, 0.5) is 4.79 Å². The maximum absolute atomic E-state index is 11.6. The van der Waals surface area contributed by atoms with Gasteiger partial charge in [0, 0.05) is 6.42 Å². The standard InChI is InChI=1S/C13H22N2O6/c1-6-8(16)10(11(18)20-5)15-9(17)7-14-12(19)21-13(2,3)4/h10H,6-7H2,1-5H3,(H,14,19)(H,15,17). The Morgan fingerprint density at radius 2 is 1.71 bits per heavy atom. The van der Waals surface area contributed by atoms with Crippen molar-refractivity contribution in [3.63, 3.8) is 0 Å². The third-order valence-electron chi connectivity index (χ3n) is 2.20. The smallest absolute Gasteiger partial charge is 0.408 e. The molecule has 2 N–H and O–H groups in total. The van der Waals surface area contributed by atoms with Crippen LogP contribution in [0.15, 0.2) is 0 Å². The minimum absolute atomic E-state index is 0.0690. The first-order valence-corrected chi connectivity index (χ1v) is 6.47. The van der Waals surface area contributed by atoms with E-state index in [2.05, 4.69) is 15.4 Å². The van der Waals surface area contributed by atoms with Crippen molar-refractivity contribution in [2.45, 2.75) is 45.8 Å². The van der Waals surface area contributed by atoms with Crippen LogP contribution in [-0.2, 0) is 23.9 Å². The number of alkyl carbamates (subject to hydrolysis) is 1. The third-order valence-corrected chi connectivity index (χ3v) is 2.20. The van der Waals surface area contributed by atoms with Crippen LogP contribution in [-0.4, -0.2) is 49.1 Å². The molecule has 0 fully saturated rings. The molecule has 21 heavy (non-hydrogen) atoms. The van der Waals surface area contributed by atoms with Crippen LogP contribution < -0.4 is 10.6 Å². The fourth-order valence-corrected chi connectivity index (χ4v) is 1.27. The third kappa shape index (κ3) is 7.91. The van der Waals surface area contributed by atoms with Crippen LogP contribution >= 0.6 is 0 Å². The van der Waals surface area contributed by atoms with Gasteiger partial charge in [-0.3, -0.25) is 9.59 Å². The lowest BCUT2D eigenvalue weighted by molar-refractivity contribution is -0.148. The number of nitrogens with one attached hydrogen (secondary N) is 2. The van der Waals surface area contributed by atoms with Crippen molar-refractivity contribution >= 4 is 23.8 Å². The molecule has 0 radical (unpaired) electrons. The molecule has 0 rings (SSSR count). The van der Waals surface area contributed by atoms with Gasteiger partial charge >= 0.3 is 12.1 Å². The molecule has 120 valence electrons. The summed E-state index contributed by atoms with van der Waals surface area (Å²) in [7, 11) is 1.11. The maximum atomic E-state index is 11.6. The second-order valence-corrected chi connectivity index (χ2v) is 5.20. The van der Waals surface area contributed by atoms with E-state index in [1.54, 1.807) is 27.7 Å². The monoisotopic (exact) mass is 302 g/mol. The molecule has 0 bridgehead atoms. The van der Waals surface area contributed by atoms with E-state index in [9.17, 15) is 19.2 Å². The fraction of sp³-hybridized carbons (Fsp3) is 0.692. The summed E-state index contributed by atoms with van der Waals surface area (Å²) in [6.45, 7) is 6.18. The molecule has 0 aromatic rings. The average molecular weight is 302 g/mol. The summed E-state index contributed by atoms with van der Waals surface area (Å²) in [5.41, 5.74) is -0.687. The van der Waals surface area contributed by atoms with E-state index in [4.69, 9.17) is 4.74 Å². The van der Waals surface area contributed by atoms with E-state index < -0.39 is 41.9 Å². The summed E-state index contributed by atoms with van der Waals surface area (Å²) in [5.74, 6) is -2.03. The molecule has 0 aliphatic carbocycles. The van der Waals surface area contributed by atoms with Gasteiger partial charge in [0.25, 0.3) is 0 Å². The van der Waals surface area contributed by atoms with Gasteiger partial charge in [-0.05, 0) is 20.8 Å². The number of rotatable bonds is 6. The highest BCUT2D eigenvalue weighted by Gasteiger charge is 2.28.